The van der Waals surface area contributed by atoms with Crippen LogP contribution in [0.25, 0.3) is 10.7 Å². The molecule has 29 heavy (non-hydrogen) atoms. The van der Waals surface area contributed by atoms with Gasteiger partial charge in [-0.25, -0.2) is 14.3 Å². The number of nitrogens with zero attached hydrogens (tertiary/aromatic N) is 3. The lowest BCUT2D eigenvalue weighted by Crippen LogP contribution is -2.32. The Morgan fingerprint density at radius 3 is 2.55 bits per heavy atom. The van der Waals surface area contributed by atoms with Crippen LogP contribution in [0.15, 0.2) is 46.6 Å². The van der Waals surface area contributed by atoms with Crippen LogP contribution in [0.1, 0.15) is 39.6 Å². The van der Waals surface area contributed by atoms with Crippen molar-refractivity contribution in [3.05, 3.63) is 63.4 Å². The molecule has 150 valence electrons. The quantitative estimate of drug-likeness (QED) is 0.601. The van der Waals surface area contributed by atoms with Crippen molar-refractivity contribution in [3.8, 4) is 10.7 Å². The van der Waals surface area contributed by atoms with Crippen molar-refractivity contribution in [2.45, 2.75) is 25.4 Å². The van der Waals surface area contributed by atoms with Crippen LogP contribution >= 0.6 is 11.3 Å². The molecule has 0 bridgehead atoms. The molecule has 0 spiro atoms. The Kier molecular flexibility index (Phi) is 5.30. The first-order valence-corrected chi connectivity index (χ1v) is 10.2. The monoisotopic (exact) mass is 412 g/mol. The second-order valence-electron chi connectivity index (χ2n) is 6.73. The SMILES string of the molecule is COC(=O)c1ccc(C(=O)NCCn2nc(-c3cccs3)n(C3CC3)c2=O)cc1. The summed E-state index contributed by atoms with van der Waals surface area (Å²) in [7, 11) is 1.30. The molecule has 1 aliphatic rings. The van der Waals surface area contributed by atoms with Crippen LogP contribution in [-0.2, 0) is 11.3 Å². The van der Waals surface area contributed by atoms with Gasteiger partial charge in [0.2, 0.25) is 0 Å². The van der Waals surface area contributed by atoms with E-state index in [2.05, 4.69) is 15.2 Å². The highest BCUT2D eigenvalue weighted by Crippen LogP contribution is 2.37. The third kappa shape index (κ3) is 4.00. The Bertz CT molecular complexity index is 1080. The van der Waals surface area contributed by atoms with Crippen molar-refractivity contribution in [1.82, 2.24) is 19.7 Å². The first-order chi connectivity index (χ1) is 14.1. The second-order valence-corrected chi connectivity index (χ2v) is 7.68. The van der Waals surface area contributed by atoms with Crippen molar-refractivity contribution in [2.24, 2.45) is 0 Å². The standard InChI is InChI=1S/C20H20N4O4S/c1-28-19(26)14-6-4-13(5-7-14)18(25)21-10-11-23-20(27)24(15-8-9-15)17(22-23)16-3-2-12-29-16/h2-7,12,15H,8-11H2,1H3,(H,21,25). The zero-order chi connectivity index (χ0) is 20.4. The van der Waals surface area contributed by atoms with E-state index in [1.165, 1.54) is 23.9 Å². The van der Waals surface area contributed by atoms with Crippen LogP contribution in [0.5, 0.6) is 0 Å². The molecular weight excluding hydrogens is 392 g/mol. The molecule has 0 saturated heterocycles. The Morgan fingerprint density at radius 2 is 1.93 bits per heavy atom. The summed E-state index contributed by atoms with van der Waals surface area (Å²) >= 11 is 1.55. The molecule has 2 aromatic heterocycles. The summed E-state index contributed by atoms with van der Waals surface area (Å²) < 4.78 is 7.82. The summed E-state index contributed by atoms with van der Waals surface area (Å²) in [5.41, 5.74) is 0.655. The average Bonchev–Trinajstić information content (AvgIpc) is 3.31. The number of hydrogen-bond acceptors (Lipinski definition) is 6. The van der Waals surface area contributed by atoms with Gasteiger partial charge in [0.25, 0.3) is 5.91 Å². The number of aromatic nitrogens is 3. The smallest absolute Gasteiger partial charge is 0.346 e. The largest absolute Gasteiger partial charge is 0.465 e. The topological polar surface area (TPSA) is 95.2 Å². The lowest BCUT2D eigenvalue weighted by Gasteiger charge is -2.05. The first-order valence-electron chi connectivity index (χ1n) is 9.28. The molecule has 0 atom stereocenters. The number of nitrogens with one attached hydrogen (secondary N) is 1. The highest BCUT2D eigenvalue weighted by atomic mass is 32.1. The van der Waals surface area contributed by atoms with Crippen LogP contribution in [0.4, 0.5) is 0 Å². The molecule has 1 N–H and O–H groups in total. The van der Waals surface area contributed by atoms with E-state index < -0.39 is 5.97 Å². The van der Waals surface area contributed by atoms with Crippen molar-refractivity contribution >= 4 is 23.2 Å². The number of benzene rings is 1. The van der Waals surface area contributed by atoms with Crippen molar-refractivity contribution in [1.29, 1.82) is 0 Å². The van der Waals surface area contributed by atoms with Gasteiger partial charge in [-0.3, -0.25) is 9.36 Å². The van der Waals surface area contributed by atoms with Gasteiger partial charge >= 0.3 is 11.7 Å². The van der Waals surface area contributed by atoms with Crippen LogP contribution in [-0.4, -0.2) is 39.9 Å². The summed E-state index contributed by atoms with van der Waals surface area (Å²) in [6, 6.07) is 10.3. The number of esters is 1. The van der Waals surface area contributed by atoms with Gasteiger partial charge in [0, 0.05) is 18.2 Å². The molecule has 1 amide bonds. The van der Waals surface area contributed by atoms with Gasteiger partial charge in [0.05, 0.1) is 24.1 Å². The highest BCUT2D eigenvalue weighted by molar-refractivity contribution is 7.13. The molecule has 2 heterocycles. The number of rotatable bonds is 7. The maximum absolute atomic E-state index is 12.8. The maximum atomic E-state index is 12.8. The zero-order valence-corrected chi connectivity index (χ0v) is 16.6. The van der Waals surface area contributed by atoms with Crippen LogP contribution in [0.3, 0.4) is 0 Å². The molecule has 0 radical (unpaired) electrons. The number of amides is 1. The molecule has 9 heteroatoms. The minimum Gasteiger partial charge on any atom is -0.465 e. The zero-order valence-electron chi connectivity index (χ0n) is 15.8. The molecule has 1 fully saturated rings. The van der Waals surface area contributed by atoms with Crippen LogP contribution < -0.4 is 11.0 Å². The third-order valence-electron chi connectivity index (χ3n) is 4.70. The lowest BCUT2D eigenvalue weighted by atomic mass is 10.1. The third-order valence-corrected chi connectivity index (χ3v) is 5.57. The van der Waals surface area contributed by atoms with Gasteiger partial charge in [-0.15, -0.1) is 16.4 Å². The van der Waals surface area contributed by atoms with E-state index in [-0.39, 0.29) is 30.7 Å². The Labute approximate surface area is 170 Å². The van der Waals surface area contributed by atoms with Crippen LogP contribution in [0, 0.1) is 0 Å². The van der Waals surface area contributed by atoms with Gasteiger partial charge < -0.3 is 10.1 Å². The number of methoxy groups -OCH3 is 1. The summed E-state index contributed by atoms with van der Waals surface area (Å²) in [4.78, 5) is 37.5. The van der Waals surface area contributed by atoms with Gasteiger partial charge in [-0.05, 0) is 48.6 Å². The van der Waals surface area contributed by atoms with Gasteiger partial charge in [0.15, 0.2) is 5.82 Å². The van der Waals surface area contributed by atoms with Crippen LogP contribution in [0.2, 0.25) is 0 Å². The summed E-state index contributed by atoms with van der Waals surface area (Å²) in [5.74, 6) is -0.0454. The number of ether oxygens (including phenoxy) is 1. The molecule has 8 nitrogen and oxygen atoms in total. The molecule has 1 aromatic carbocycles. The fraction of sp³-hybridized carbons (Fsp3) is 0.300. The van der Waals surface area contributed by atoms with E-state index in [1.54, 1.807) is 28.0 Å². The summed E-state index contributed by atoms with van der Waals surface area (Å²) in [6.07, 6.45) is 1.98. The minimum atomic E-state index is -0.455. The molecule has 0 unspecified atom stereocenters. The normalized spacial score (nSPS) is 13.3. The van der Waals surface area contributed by atoms with Crippen molar-refractivity contribution in [3.63, 3.8) is 0 Å². The maximum Gasteiger partial charge on any atom is 0.346 e. The number of carbonyl (C=O) groups excluding carboxylic acids is 2. The number of hydrogen-bond donors (Lipinski definition) is 1. The van der Waals surface area contributed by atoms with Gasteiger partial charge in [0.1, 0.15) is 0 Å². The van der Waals surface area contributed by atoms with Crippen molar-refractivity contribution < 1.29 is 14.3 Å². The highest BCUT2D eigenvalue weighted by Gasteiger charge is 2.30. The van der Waals surface area contributed by atoms with E-state index in [4.69, 9.17) is 0 Å². The van der Waals surface area contributed by atoms with E-state index in [0.29, 0.717) is 17.0 Å². The minimum absolute atomic E-state index is 0.146. The Hall–Kier alpha value is -3.20. The molecule has 0 aliphatic heterocycles. The molecule has 4 rings (SSSR count). The Morgan fingerprint density at radius 1 is 1.21 bits per heavy atom. The molecule has 1 saturated carbocycles. The second kappa shape index (κ2) is 8.04. The summed E-state index contributed by atoms with van der Waals surface area (Å²) in [6.45, 7) is 0.548. The molecule has 1 aliphatic carbocycles. The number of carbonyl (C=O) groups is 2. The lowest BCUT2D eigenvalue weighted by molar-refractivity contribution is 0.0600. The van der Waals surface area contributed by atoms with Crippen molar-refractivity contribution in [2.75, 3.05) is 13.7 Å². The summed E-state index contributed by atoms with van der Waals surface area (Å²) in [5, 5.41) is 9.24. The fourth-order valence-electron chi connectivity index (χ4n) is 3.05. The van der Waals surface area contributed by atoms with Gasteiger partial charge in [-0.2, -0.15) is 0 Å². The molecule has 3 aromatic rings. The first kappa shape index (κ1) is 19.1. The van der Waals surface area contributed by atoms with Gasteiger partial charge in [-0.1, -0.05) is 6.07 Å². The Balaban J connectivity index is 1.42. The van der Waals surface area contributed by atoms with E-state index >= 15 is 0 Å². The fourth-order valence-corrected chi connectivity index (χ4v) is 3.76. The number of thiophene rings is 1. The predicted octanol–water partition coefficient (Wildman–Crippen LogP) is 2.32. The van der Waals surface area contributed by atoms with E-state index in [1.807, 2.05) is 17.5 Å². The predicted molar refractivity (Wildman–Crippen MR) is 108 cm³/mol. The molecular formula is C20H20N4O4S. The average molecular weight is 412 g/mol. The van der Waals surface area contributed by atoms with E-state index in [9.17, 15) is 14.4 Å². The van der Waals surface area contributed by atoms with E-state index in [0.717, 1.165) is 17.7 Å².